The monoisotopic (exact) mass is 433 g/mol. The van der Waals surface area contributed by atoms with Crippen LogP contribution in [0.4, 0.5) is 13.2 Å². The average Bonchev–Trinajstić information content (AvgIpc) is 3.24. The Hall–Kier alpha value is -3.17. The Morgan fingerprint density at radius 3 is 2.84 bits per heavy atom. The lowest BCUT2D eigenvalue weighted by molar-refractivity contribution is -0.136. The molecule has 1 atom stereocenters. The molecular weight excluding hydrogens is 411 g/mol. The van der Waals surface area contributed by atoms with Gasteiger partial charge in [-0.1, -0.05) is 0 Å². The van der Waals surface area contributed by atoms with Crippen LogP contribution in [0.15, 0.2) is 35.4 Å². The van der Waals surface area contributed by atoms with Crippen molar-refractivity contribution in [2.24, 2.45) is 0 Å². The van der Waals surface area contributed by atoms with Gasteiger partial charge in [0.15, 0.2) is 0 Å². The highest BCUT2D eigenvalue weighted by atomic mass is 19.4. The zero-order chi connectivity index (χ0) is 22.2. The Morgan fingerprint density at radius 1 is 1.32 bits per heavy atom. The largest absolute Gasteiger partial charge is 0.417 e. The molecule has 3 aromatic rings. The fourth-order valence-electron chi connectivity index (χ4n) is 4.12. The Morgan fingerprint density at radius 2 is 2.13 bits per heavy atom. The summed E-state index contributed by atoms with van der Waals surface area (Å²) in [5.41, 5.74) is -1.08. The van der Waals surface area contributed by atoms with E-state index < -0.39 is 22.7 Å². The van der Waals surface area contributed by atoms with Gasteiger partial charge in [-0.3, -0.25) is 19.3 Å². The lowest BCUT2D eigenvalue weighted by Crippen LogP contribution is -2.40. The summed E-state index contributed by atoms with van der Waals surface area (Å²) in [5, 5.41) is 3.63. The number of alkyl halides is 3. The van der Waals surface area contributed by atoms with Gasteiger partial charge in [0.2, 0.25) is 5.91 Å². The van der Waals surface area contributed by atoms with Crippen LogP contribution in [-0.4, -0.2) is 43.6 Å². The first-order valence-corrected chi connectivity index (χ1v) is 10.1. The van der Waals surface area contributed by atoms with Crippen LogP contribution in [0.25, 0.3) is 10.9 Å². The highest BCUT2D eigenvalue weighted by Crippen LogP contribution is 2.34. The minimum atomic E-state index is -4.65. The Bertz CT molecular complexity index is 1150. The third-order valence-electron chi connectivity index (χ3n) is 5.59. The van der Waals surface area contributed by atoms with Gasteiger partial charge in [0.25, 0.3) is 5.56 Å². The van der Waals surface area contributed by atoms with Gasteiger partial charge >= 0.3 is 6.18 Å². The molecule has 4 heterocycles. The summed E-state index contributed by atoms with van der Waals surface area (Å²) in [6.07, 6.45) is 0.560. The molecule has 0 aromatic carbocycles. The predicted molar refractivity (Wildman–Crippen MR) is 108 cm³/mol. The molecule has 0 bridgehead atoms. The van der Waals surface area contributed by atoms with E-state index in [9.17, 15) is 22.8 Å². The number of nitrogens with zero attached hydrogens (tertiary/aromatic N) is 4. The predicted octanol–water partition coefficient (Wildman–Crippen LogP) is 3.24. The van der Waals surface area contributed by atoms with Crippen molar-refractivity contribution in [2.45, 2.75) is 44.8 Å². The number of hydrogen-bond donors (Lipinski definition) is 1. The Balaban J connectivity index is 1.58. The molecule has 1 aliphatic heterocycles. The number of nitrogens with one attached hydrogen (secondary N) is 1. The molecule has 1 aliphatic rings. The van der Waals surface area contributed by atoms with E-state index in [1.165, 1.54) is 13.0 Å². The number of pyridine rings is 2. The molecule has 1 fully saturated rings. The van der Waals surface area contributed by atoms with Crippen LogP contribution in [0.1, 0.15) is 42.1 Å². The molecule has 0 spiro atoms. The second-order valence-electron chi connectivity index (χ2n) is 7.82. The number of H-pyrrole nitrogens is 1. The molecule has 1 amide bonds. The molecule has 1 N–H and O–H groups in total. The van der Waals surface area contributed by atoms with Crippen LogP contribution in [0.2, 0.25) is 0 Å². The maximum absolute atomic E-state index is 13.4. The summed E-state index contributed by atoms with van der Waals surface area (Å²) in [5.74, 6) is -0.187. The van der Waals surface area contributed by atoms with Crippen molar-refractivity contribution in [1.29, 1.82) is 0 Å². The SMILES string of the molecule is Cc1cc(C(F)(F)F)c2c(=O)[nH]c([C@H]3CCCN(C(=O)CCn4cccn4)C3)cc2n1. The summed E-state index contributed by atoms with van der Waals surface area (Å²) in [7, 11) is 0. The number of aromatic amines is 1. The summed E-state index contributed by atoms with van der Waals surface area (Å²) in [4.78, 5) is 33.7. The van der Waals surface area contributed by atoms with Gasteiger partial charge in [-0.2, -0.15) is 18.3 Å². The van der Waals surface area contributed by atoms with Gasteiger partial charge in [-0.05, 0) is 38.0 Å². The maximum atomic E-state index is 13.4. The van der Waals surface area contributed by atoms with Crippen molar-refractivity contribution in [2.75, 3.05) is 13.1 Å². The van der Waals surface area contributed by atoms with Gasteiger partial charge in [0.1, 0.15) is 0 Å². The molecule has 0 saturated carbocycles. The lowest BCUT2D eigenvalue weighted by Gasteiger charge is -2.33. The van der Waals surface area contributed by atoms with Crippen molar-refractivity contribution in [1.82, 2.24) is 24.6 Å². The second-order valence-corrected chi connectivity index (χ2v) is 7.82. The summed E-state index contributed by atoms with van der Waals surface area (Å²) in [6.45, 7) is 2.96. The number of amides is 1. The number of fused-ring (bicyclic) bond motifs is 1. The number of piperidine rings is 1. The summed E-state index contributed by atoms with van der Waals surface area (Å²) in [6, 6.07) is 4.19. The first kappa shape index (κ1) is 21.1. The van der Waals surface area contributed by atoms with Crippen LogP contribution < -0.4 is 5.56 Å². The molecule has 31 heavy (non-hydrogen) atoms. The molecular formula is C21H22F3N5O2. The highest BCUT2D eigenvalue weighted by Gasteiger charge is 2.35. The van der Waals surface area contributed by atoms with Crippen molar-refractivity contribution >= 4 is 16.8 Å². The molecule has 3 aromatic heterocycles. The summed E-state index contributed by atoms with van der Waals surface area (Å²) >= 11 is 0. The Kier molecular flexibility index (Phi) is 5.55. The van der Waals surface area contributed by atoms with E-state index in [0.717, 1.165) is 18.9 Å². The molecule has 4 rings (SSSR count). The number of carbonyl (C=O) groups is 1. The van der Waals surface area contributed by atoms with E-state index in [1.807, 2.05) is 0 Å². The minimum absolute atomic E-state index is 0.0170. The normalized spacial score (nSPS) is 17.3. The first-order valence-electron chi connectivity index (χ1n) is 10.1. The van der Waals surface area contributed by atoms with E-state index >= 15 is 0 Å². The number of halogens is 3. The highest BCUT2D eigenvalue weighted by molar-refractivity contribution is 5.82. The van der Waals surface area contributed by atoms with E-state index in [1.54, 1.807) is 28.0 Å². The van der Waals surface area contributed by atoms with E-state index in [2.05, 4.69) is 15.1 Å². The van der Waals surface area contributed by atoms with Crippen molar-refractivity contribution < 1.29 is 18.0 Å². The zero-order valence-electron chi connectivity index (χ0n) is 16.9. The number of hydrogen-bond acceptors (Lipinski definition) is 4. The van der Waals surface area contributed by atoms with Crippen molar-refractivity contribution in [3.8, 4) is 0 Å². The van der Waals surface area contributed by atoms with Crippen LogP contribution >= 0.6 is 0 Å². The number of carbonyl (C=O) groups excluding carboxylic acids is 1. The topological polar surface area (TPSA) is 83.9 Å². The fraction of sp³-hybridized carbons (Fsp3) is 0.429. The van der Waals surface area contributed by atoms with Crippen molar-refractivity contribution in [3.05, 3.63) is 57.9 Å². The van der Waals surface area contributed by atoms with E-state index in [-0.39, 0.29) is 23.0 Å². The van der Waals surface area contributed by atoms with Crippen molar-refractivity contribution in [3.63, 3.8) is 0 Å². The lowest BCUT2D eigenvalue weighted by atomic mass is 9.93. The molecule has 0 unspecified atom stereocenters. The first-order chi connectivity index (χ1) is 14.7. The zero-order valence-corrected chi connectivity index (χ0v) is 16.9. The quantitative estimate of drug-likeness (QED) is 0.685. The molecule has 1 saturated heterocycles. The molecule has 0 radical (unpaired) electrons. The standard InChI is InChI=1S/C21H22F3N5O2/c1-13-10-15(21(22,23)24)19-17(26-13)11-16(27-20(19)31)14-4-2-7-28(12-14)18(30)5-9-29-8-3-6-25-29/h3,6,8,10-11,14H,2,4-5,7,9,12H2,1H3,(H,27,31)/t14-/m0/s1. The molecule has 164 valence electrons. The average molecular weight is 433 g/mol. The van der Waals surface area contributed by atoms with E-state index in [4.69, 9.17) is 0 Å². The Labute approximate surface area is 175 Å². The van der Waals surface area contributed by atoms with Crippen LogP contribution in [0.5, 0.6) is 0 Å². The van der Waals surface area contributed by atoms with Gasteiger partial charge in [0, 0.05) is 55.8 Å². The third kappa shape index (κ3) is 4.47. The molecule has 10 heteroatoms. The fourth-order valence-corrected chi connectivity index (χ4v) is 4.12. The van der Waals surface area contributed by atoms with E-state index in [0.29, 0.717) is 31.7 Å². The van der Waals surface area contributed by atoms with Gasteiger partial charge in [0.05, 0.1) is 16.5 Å². The number of aromatic nitrogens is 4. The van der Waals surface area contributed by atoms with Crippen LogP contribution in [-0.2, 0) is 17.5 Å². The second kappa shape index (κ2) is 8.16. The van der Waals surface area contributed by atoms with Gasteiger partial charge < -0.3 is 9.88 Å². The molecule has 7 nitrogen and oxygen atoms in total. The maximum Gasteiger partial charge on any atom is 0.417 e. The number of aryl methyl sites for hydroxylation is 2. The van der Waals surface area contributed by atoms with Gasteiger partial charge in [-0.15, -0.1) is 0 Å². The number of rotatable bonds is 4. The smallest absolute Gasteiger partial charge is 0.342 e. The van der Waals surface area contributed by atoms with Crippen LogP contribution in [0, 0.1) is 6.92 Å². The number of likely N-dealkylation sites (tertiary alicyclic amines) is 1. The molecule has 0 aliphatic carbocycles. The van der Waals surface area contributed by atoms with Gasteiger partial charge in [-0.25, -0.2) is 0 Å². The third-order valence-corrected chi connectivity index (χ3v) is 5.59. The minimum Gasteiger partial charge on any atom is -0.342 e. The summed E-state index contributed by atoms with van der Waals surface area (Å²) < 4.78 is 41.9. The van der Waals surface area contributed by atoms with Crippen LogP contribution in [0.3, 0.4) is 0 Å².